The second-order valence-corrected chi connectivity index (χ2v) is 7.02. The Morgan fingerprint density at radius 2 is 1.75 bits per heavy atom. The van der Waals surface area contributed by atoms with Gasteiger partial charge in [0.1, 0.15) is 18.0 Å². The molecule has 1 amide bonds. The van der Waals surface area contributed by atoms with Gasteiger partial charge in [-0.15, -0.1) is 0 Å². The SMILES string of the molecule is CCOc1ccc(/C=C2/C(=O)N(c3ccc(OC)cc3)C(=S)N2CC(=O)OC)cc1OC. The Kier molecular flexibility index (Phi) is 7.32. The number of esters is 1. The van der Waals surface area contributed by atoms with Gasteiger partial charge in [0, 0.05) is 0 Å². The highest BCUT2D eigenvalue weighted by atomic mass is 32.1. The lowest BCUT2D eigenvalue weighted by atomic mass is 10.1. The molecular weight excluding hydrogens is 432 g/mol. The van der Waals surface area contributed by atoms with Crippen molar-refractivity contribution >= 4 is 41.0 Å². The van der Waals surface area contributed by atoms with Gasteiger partial charge >= 0.3 is 5.97 Å². The first-order valence-electron chi connectivity index (χ1n) is 9.82. The lowest BCUT2D eigenvalue weighted by molar-refractivity contribution is -0.140. The average molecular weight is 457 g/mol. The molecule has 168 valence electrons. The van der Waals surface area contributed by atoms with Crippen LogP contribution < -0.4 is 19.1 Å². The van der Waals surface area contributed by atoms with Gasteiger partial charge < -0.3 is 23.8 Å². The van der Waals surface area contributed by atoms with Crippen LogP contribution in [0.2, 0.25) is 0 Å². The molecule has 0 spiro atoms. The molecule has 2 aromatic carbocycles. The highest BCUT2D eigenvalue weighted by Gasteiger charge is 2.40. The number of carbonyl (C=O) groups is 2. The van der Waals surface area contributed by atoms with Gasteiger partial charge in [0.15, 0.2) is 16.6 Å². The van der Waals surface area contributed by atoms with E-state index in [2.05, 4.69) is 0 Å². The monoisotopic (exact) mass is 456 g/mol. The number of benzene rings is 2. The molecule has 9 heteroatoms. The molecular formula is C23H24N2O6S. The number of thiocarbonyl (C=S) groups is 1. The summed E-state index contributed by atoms with van der Waals surface area (Å²) in [5.74, 6) is 0.885. The molecule has 0 aromatic heterocycles. The maximum Gasteiger partial charge on any atom is 0.325 e. The summed E-state index contributed by atoms with van der Waals surface area (Å²) in [5.41, 5.74) is 1.48. The zero-order valence-corrected chi connectivity index (χ0v) is 19.1. The van der Waals surface area contributed by atoms with Crippen LogP contribution in [-0.4, -0.2) is 56.4 Å². The minimum atomic E-state index is -0.521. The van der Waals surface area contributed by atoms with Crippen LogP contribution in [0.4, 0.5) is 5.69 Å². The summed E-state index contributed by atoms with van der Waals surface area (Å²) in [4.78, 5) is 28.2. The van der Waals surface area contributed by atoms with Crippen molar-refractivity contribution in [3.05, 3.63) is 53.7 Å². The quantitative estimate of drug-likeness (QED) is 0.340. The van der Waals surface area contributed by atoms with Crippen molar-refractivity contribution in [1.82, 2.24) is 4.90 Å². The molecule has 1 aliphatic rings. The Morgan fingerprint density at radius 3 is 2.34 bits per heavy atom. The number of anilines is 1. The molecule has 1 fully saturated rings. The minimum Gasteiger partial charge on any atom is -0.497 e. The van der Waals surface area contributed by atoms with Gasteiger partial charge in [0.25, 0.3) is 5.91 Å². The first-order valence-corrected chi connectivity index (χ1v) is 10.2. The van der Waals surface area contributed by atoms with Gasteiger partial charge in [-0.3, -0.25) is 14.5 Å². The molecule has 2 aromatic rings. The third kappa shape index (κ3) is 4.67. The Morgan fingerprint density at radius 1 is 1.03 bits per heavy atom. The molecule has 0 radical (unpaired) electrons. The first-order chi connectivity index (χ1) is 15.4. The number of amides is 1. The van der Waals surface area contributed by atoms with Crippen LogP contribution in [0.3, 0.4) is 0 Å². The molecule has 0 atom stereocenters. The molecule has 8 nitrogen and oxygen atoms in total. The van der Waals surface area contributed by atoms with Gasteiger partial charge in [-0.2, -0.15) is 0 Å². The van der Waals surface area contributed by atoms with E-state index in [0.29, 0.717) is 35.1 Å². The molecule has 1 heterocycles. The second-order valence-electron chi connectivity index (χ2n) is 6.66. The first kappa shape index (κ1) is 23.1. The fraction of sp³-hybridized carbons (Fsp3) is 0.261. The summed E-state index contributed by atoms with van der Waals surface area (Å²) in [6.07, 6.45) is 1.65. The molecule has 3 rings (SSSR count). The number of nitrogens with zero attached hydrogens (tertiary/aromatic N) is 2. The van der Waals surface area contributed by atoms with E-state index in [1.54, 1.807) is 62.8 Å². The molecule has 0 unspecified atom stereocenters. The largest absolute Gasteiger partial charge is 0.497 e. The highest BCUT2D eigenvalue weighted by Crippen LogP contribution is 2.33. The summed E-state index contributed by atoms with van der Waals surface area (Å²) in [6.45, 7) is 2.17. The zero-order valence-electron chi connectivity index (χ0n) is 18.3. The van der Waals surface area contributed by atoms with Crippen LogP contribution in [-0.2, 0) is 14.3 Å². The lowest BCUT2D eigenvalue weighted by Crippen LogP contribution is -2.35. The van der Waals surface area contributed by atoms with E-state index in [1.807, 2.05) is 6.92 Å². The van der Waals surface area contributed by atoms with Gasteiger partial charge in [-0.25, -0.2) is 0 Å². The van der Waals surface area contributed by atoms with Crippen LogP contribution >= 0.6 is 12.2 Å². The molecule has 0 bridgehead atoms. The topological polar surface area (TPSA) is 77.5 Å². The number of hydrogen-bond donors (Lipinski definition) is 0. The second kappa shape index (κ2) is 10.1. The van der Waals surface area contributed by atoms with Crippen molar-refractivity contribution in [2.75, 3.05) is 39.4 Å². The van der Waals surface area contributed by atoms with Crippen molar-refractivity contribution in [3.63, 3.8) is 0 Å². The lowest BCUT2D eigenvalue weighted by Gasteiger charge is -2.19. The summed E-state index contributed by atoms with van der Waals surface area (Å²) < 4.78 is 20.9. The smallest absolute Gasteiger partial charge is 0.325 e. The van der Waals surface area contributed by atoms with Crippen molar-refractivity contribution in [1.29, 1.82) is 0 Å². The summed E-state index contributed by atoms with van der Waals surface area (Å²) >= 11 is 5.55. The number of carbonyl (C=O) groups excluding carboxylic acids is 2. The van der Waals surface area contributed by atoms with Gasteiger partial charge in [0.2, 0.25) is 0 Å². The van der Waals surface area contributed by atoms with Crippen LogP contribution in [0, 0.1) is 0 Å². The third-order valence-electron chi connectivity index (χ3n) is 4.77. The van der Waals surface area contributed by atoms with E-state index < -0.39 is 5.97 Å². The third-order valence-corrected chi connectivity index (χ3v) is 5.17. The Labute approximate surface area is 191 Å². The van der Waals surface area contributed by atoms with E-state index in [9.17, 15) is 9.59 Å². The van der Waals surface area contributed by atoms with E-state index >= 15 is 0 Å². The van der Waals surface area contributed by atoms with Crippen molar-refractivity contribution in [3.8, 4) is 17.2 Å². The summed E-state index contributed by atoms with van der Waals surface area (Å²) in [6, 6.07) is 12.2. The maximum atomic E-state index is 13.4. The fourth-order valence-corrected chi connectivity index (χ4v) is 3.54. The zero-order chi connectivity index (χ0) is 23.3. The van der Waals surface area contributed by atoms with Gasteiger partial charge in [-0.05, 0) is 67.2 Å². The Hall–Kier alpha value is -3.59. The fourth-order valence-electron chi connectivity index (χ4n) is 3.19. The summed E-state index contributed by atoms with van der Waals surface area (Å²) in [5, 5.41) is 0.176. The van der Waals surface area contributed by atoms with Crippen molar-refractivity contribution < 1.29 is 28.5 Å². The molecule has 0 saturated carbocycles. The molecule has 0 aliphatic carbocycles. The number of ether oxygens (including phenoxy) is 4. The molecule has 32 heavy (non-hydrogen) atoms. The number of methoxy groups -OCH3 is 3. The Bertz CT molecular complexity index is 1050. The molecule has 1 aliphatic heterocycles. The van der Waals surface area contributed by atoms with Gasteiger partial charge in [-0.1, -0.05) is 6.07 Å². The standard InChI is InChI=1S/C23H24N2O6S/c1-5-31-19-11-6-15(13-20(19)29-3)12-18-22(27)25(16-7-9-17(28-2)10-8-16)23(32)24(18)14-21(26)30-4/h6-13H,5,14H2,1-4H3/b18-12-. The highest BCUT2D eigenvalue weighted by molar-refractivity contribution is 7.80. The predicted octanol–water partition coefficient (Wildman–Crippen LogP) is 3.25. The minimum absolute atomic E-state index is 0.176. The van der Waals surface area contributed by atoms with Gasteiger partial charge in [0.05, 0.1) is 33.6 Å². The van der Waals surface area contributed by atoms with Crippen LogP contribution in [0.15, 0.2) is 48.2 Å². The van der Waals surface area contributed by atoms with Crippen molar-refractivity contribution in [2.45, 2.75) is 6.92 Å². The summed E-state index contributed by atoms with van der Waals surface area (Å²) in [7, 11) is 4.38. The molecule has 0 N–H and O–H groups in total. The normalized spacial score (nSPS) is 14.7. The maximum absolute atomic E-state index is 13.4. The van der Waals surface area contributed by atoms with Crippen LogP contribution in [0.25, 0.3) is 6.08 Å². The van der Waals surface area contributed by atoms with Crippen molar-refractivity contribution in [2.24, 2.45) is 0 Å². The van der Waals surface area contributed by atoms with E-state index in [-0.39, 0.29) is 23.3 Å². The number of hydrogen-bond acceptors (Lipinski definition) is 7. The Balaban J connectivity index is 2.03. The molecule has 1 saturated heterocycles. The van der Waals surface area contributed by atoms with Crippen LogP contribution in [0.1, 0.15) is 12.5 Å². The van der Waals surface area contributed by atoms with E-state index in [0.717, 1.165) is 0 Å². The van der Waals surface area contributed by atoms with Crippen LogP contribution in [0.5, 0.6) is 17.2 Å². The van der Waals surface area contributed by atoms with E-state index in [1.165, 1.54) is 16.9 Å². The average Bonchev–Trinajstić information content (AvgIpc) is 3.03. The van der Waals surface area contributed by atoms with E-state index in [4.69, 9.17) is 31.2 Å². The predicted molar refractivity (Wildman–Crippen MR) is 124 cm³/mol. The number of rotatable bonds is 8.